The van der Waals surface area contributed by atoms with E-state index < -0.39 is 35.9 Å². The van der Waals surface area contributed by atoms with Crippen molar-refractivity contribution in [1.82, 2.24) is 15.1 Å². The Morgan fingerprint density at radius 1 is 0.894 bits per heavy atom. The number of Topliss-reactive ketones (excluding diaryl/α,β-unsaturated/α-hetero) is 1. The second-order valence-electron chi connectivity index (χ2n) is 11.9. The molecular formula is C35H36Cl2F2N4O4. The predicted octanol–water partition coefficient (Wildman–Crippen LogP) is 6.00. The summed E-state index contributed by atoms with van der Waals surface area (Å²) in [6.45, 7) is 1.56. The molecule has 2 aliphatic rings. The van der Waals surface area contributed by atoms with Gasteiger partial charge in [0.2, 0.25) is 17.7 Å². The van der Waals surface area contributed by atoms with E-state index >= 15 is 0 Å². The van der Waals surface area contributed by atoms with Gasteiger partial charge in [0.15, 0.2) is 11.6 Å². The molecular weight excluding hydrogens is 649 g/mol. The van der Waals surface area contributed by atoms with Crippen LogP contribution in [0.4, 0.5) is 14.5 Å². The maximum atomic E-state index is 14.8. The zero-order valence-electron chi connectivity index (χ0n) is 25.7. The smallest absolute Gasteiger partial charge is 0.247 e. The first-order chi connectivity index (χ1) is 22.6. The van der Waals surface area contributed by atoms with Crippen molar-refractivity contribution >= 4 is 52.4 Å². The highest BCUT2D eigenvalue weighted by Gasteiger charge is 2.36. The summed E-state index contributed by atoms with van der Waals surface area (Å²) in [5.74, 6) is -2.69. The molecule has 5 rings (SSSR count). The van der Waals surface area contributed by atoms with E-state index in [9.17, 15) is 28.0 Å². The third-order valence-electron chi connectivity index (χ3n) is 8.71. The van der Waals surface area contributed by atoms with E-state index in [0.717, 1.165) is 11.1 Å². The summed E-state index contributed by atoms with van der Waals surface area (Å²) in [5, 5.41) is 4.96. The number of hydrogen-bond donors (Lipinski definition) is 2. The Labute approximate surface area is 282 Å². The highest BCUT2D eigenvalue weighted by Crippen LogP contribution is 2.30. The third kappa shape index (κ3) is 8.74. The van der Waals surface area contributed by atoms with E-state index in [1.54, 1.807) is 30.3 Å². The molecule has 2 heterocycles. The van der Waals surface area contributed by atoms with E-state index in [1.807, 2.05) is 29.2 Å². The zero-order valence-corrected chi connectivity index (χ0v) is 27.2. The standard InChI is InChI=1S/C35H36Cl2F2N4O4/c36-26-10-11-27(33(39)32(26)37)40-34(46)28(16-19-42-17-14-25(38)15-18-42)41-35(47)29-20-23-8-4-5-9-24(23)21-43(29)31(45)13-12-30(44)22-6-2-1-3-7-22/h1-11,25,28-29H,12-21H2,(H,40,46)(H,41,47). The van der Waals surface area contributed by atoms with Gasteiger partial charge in [-0.05, 0) is 42.5 Å². The van der Waals surface area contributed by atoms with Crippen molar-refractivity contribution in [3.8, 4) is 0 Å². The Bertz CT molecular complexity index is 1620. The summed E-state index contributed by atoms with van der Waals surface area (Å²) >= 11 is 11.9. The Balaban J connectivity index is 1.34. The van der Waals surface area contributed by atoms with Crippen molar-refractivity contribution in [2.75, 3.05) is 25.0 Å². The van der Waals surface area contributed by atoms with Crippen LogP contribution in [0.5, 0.6) is 0 Å². The molecule has 3 aromatic rings. The van der Waals surface area contributed by atoms with Crippen LogP contribution in [0.25, 0.3) is 0 Å². The summed E-state index contributed by atoms with van der Waals surface area (Å²) in [6.07, 6.45) is 0.130. The second kappa shape index (κ2) is 15.8. The summed E-state index contributed by atoms with van der Waals surface area (Å²) in [6, 6.07) is 16.7. The van der Waals surface area contributed by atoms with Crippen LogP contribution in [0, 0.1) is 5.82 Å². The number of rotatable bonds is 11. The number of amides is 3. The van der Waals surface area contributed by atoms with Crippen molar-refractivity contribution in [2.24, 2.45) is 0 Å². The van der Waals surface area contributed by atoms with Crippen molar-refractivity contribution in [2.45, 2.75) is 63.3 Å². The number of anilines is 1. The topological polar surface area (TPSA) is 98.8 Å². The summed E-state index contributed by atoms with van der Waals surface area (Å²) in [5.41, 5.74) is 2.08. The highest BCUT2D eigenvalue weighted by atomic mass is 35.5. The third-order valence-corrected chi connectivity index (χ3v) is 9.49. The number of hydrogen-bond acceptors (Lipinski definition) is 5. The molecule has 12 heteroatoms. The van der Waals surface area contributed by atoms with E-state index in [-0.39, 0.29) is 59.7 Å². The molecule has 0 bridgehead atoms. The summed E-state index contributed by atoms with van der Waals surface area (Å²) in [4.78, 5) is 57.3. The first-order valence-corrected chi connectivity index (χ1v) is 16.4. The van der Waals surface area contributed by atoms with Crippen LogP contribution < -0.4 is 10.6 Å². The lowest BCUT2D eigenvalue weighted by Crippen LogP contribution is -2.56. The minimum absolute atomic E-state index is 0.0175. The van der Waals surface area contributed by atoms with Gasteiger partial charge in [0, 0.05) is 51.0 Å². The lowest BCUT2D eigenvalue weighted by Gasteiger charge is -2.37. The number of nitrogens with zero attached hydrogens (tertiary/aromatic N) is 2. The molecule has 1 fully saturated rings. The largest absolute Gasteiger partial charge is 0.342 e. The molecule has 3 amide bonds. The average Bonchev–Trinajstić information content (AvgIpc) is 3.09. The van der Waals surface area contributed by atoms with Gasteiger partial charge in [0.1, 0.15) is 18.3 Å². The van der Waals surface area contributed by atoms with Crippen LogP contribution in [-0.2, 0) is 27.3 Å². The van der Waals surface area contributed by atoms with Crippen LogP contribution in [0.2, 0.25) is 10.0 Å². The van der Waals surface area contributed by atoms with Crippen LogP contribution in [0.3, 0.4) is 0 Å². The lowest BCUT2D eigenvalue weighted by molar-refractivity contribution is -0.142. The number of benzene rings is 3. The predicted molar refractivity (Wildman–Crippen MR) is 177 cm³/mol. The van der Waals surface area contributed by atoms with Gasteiger partial charge in [-0.2, -0.15) is 0 Å². The van der Waals surface area contributed by atoms with Gasteiger partial charge in [-0.1, -0.05) is 77.8 Å². The number of alkyl halides is 1. The van der Waals surface area contributed by atoms with Crippen LogP contribution in [-0.4, -0.2) is 71.2 Å². The maximum absolute atomic E-state index is 14.8. The van der Waals surface area contributed by atoms with E-state index in [4.69, 9.17) is 23.2 Å². The van der Waals surface area contributed by atoms with E-state index in [1.165, 1.54) is 17.0 Å². The Morgan fingerprint density at radius 2 is 1.57 bits per heavy atom. The number of ketones is 1. The molecule has 0 saturated carbocycles. The fourth-order valence-electron chi connectivity index (χ4n) is 5.97. The number of halogens is 4. The second-order valence-corrected chi connectivity index (χ2v) is 12.7. The molecule has 2 atom stereocenters. The molecule has 0 radical (unpaired) electrons. The molecule has 8 nitrogen and oxygen atoms in total. The minimum atomic E-state index is -1.12. The number of fused-ring (bicyclic) bond motifs is 1. The SMILES string of the molecule is O=C(CCC(=O)N1Cc2ccccc2CC1C(=O)NC(CCN1CCC(F)CC1)C(=O)Nc1ccc(Cl)c(Cl)c1F)c1ccccc1. The molecule has 47 heavy (non-hydrogen) atoms. The number of carbonyl (C=O) groups is 4. The summed E-state index contributed by atoms with van der Waals surface area (Å²) in [7, 11) is 0. The van der Waals surface area contributed by atoms with E-state index in [2.05, 4.69) is 10.6 Å². The van der Waals surface area contributed by atoms with Gasteiger partial charge >= 0.3 is 0 Å². The molecule has 3 aromatic carbocycles. The molecule has 2 unspecified atom stereocenters. The first kappa shape index (κ1) is 34.5. The lowest BCUT2D eigenvalue weighted by atomic mass is 9.92. The van der Waals surface area contributed by atoms with Crippen molar-refractivity contribution in [3.63, 3.8) is 0 Å². The quantitative estimate of drug-likeness (QED) is 0.191. The van der Waals surface area contributed by atoms with Gasteiger partial charge in [-0.3, -0.25) is 19.2 Å². The molecule has 0 spiro atoms. The molecule has 0 aliphatic carbocycles. The first-order valence-electron chi connectivity index (χ1n) is 15.7. The van der Waals surface area contributed by atoms with Gasteiger partial charge in [0.05, 0.1) is 15.7 Å². The zero-order chi connectivity index (χ0) is 33.5. The number of carbonyl (C=O) groups excluding carboxylic acids is 4. The fourth-order valence-corrected chi connectivity index (χ4v) is 6.28. The fraction of sp³-hybridized carbons (Fsp3) is 0.371. The van der Waals surface area contributed by atoms with Crippen molar-refractivity contribution < 1.29 is 28.0 Å². The Morgan fingerprint density at radius 3 is 2.30 bits per heavy atom. The van der Waals surface area contributed by atoms with Gasteiger partial charge in [-0.25, -0.2) is 8.78 Å². The number of piperidine rings is 1. The van der Waals surface area contributed by atoms with Crippen LogP contribution in [0.1, 0.15) is 53.6 Å². The monoisotopic (exact) mass is 684 g/mol. The van der Waals surface area contributed by atoms with Gasteiger partial charge in [0.25, 0.3) is 0 Å². The van der Waals surface area contributed by atoms with E-state index in [0.29, 0.717) is 38.0 Å². The molecule has 0 aromatic heterocycles. The highest BCUT2D eigenvalue weighted by molar-refractivity contribution is 6.42. The van der Waals surface area contributed by atoms with Gasteiger partial charge < -0.3 is 20.4 Å². The number of nitrogens with one attached hydrogen (secondary N) is 2. The Kier molecular flexibility index (Phi) is 11.6. The normalized spacial score (nSPS) is 17.4. The average molecular weight is 686 g/mol. The van der Waals surface area contributed by atoms with Gasteiger partial charge in [-0.15, -0.1) is 0 Å². The molecule has 248 valence electrons. The van der Waals surface area contributed by atoms with Crippen molar-refractivity contribution in [3.05, 3.63) is 99.3 Å². The minimum Gasteiger partial charge on any atom is -0.342 e. The number of likely N-dealkylation sites (tertiary alicyclic amines) is 1. The van der Waals surface area contributed by atoms with Crippen molar-refractivity contribution in [1.29, 1.82) is 0 Å². The molecule has 2 N–H and O–H groups in total. The van der Waals surface area contributed by atoms with Crippen LogP contribution >= 0.6 is 23.2 Å². The van der Waals surface area contributed by atoms with Crippen LogP contribution in [0.15, 0.2) is 66.7 Å². The molecule has 1 saturated heterocycles. The summed E-state index contributed by atoms with van der Waals surface area (Å²) < 4.78 is 28.6. The Hall–Kier alpha value is -3.86. The molecule has 2 aliphatic heterocycles. The maximum Gasteiger partial charge on any atom is 0.247 e.